The predicted octanol–water partition coefficient (Wildman–Crippen LogP) is 1.53. The van der Waals surface area contributed by atoms with Crippen molar-refractivity contribution in [2.75, 3.05) is 24.4 Å². The Morgan fingerprint density at radius 2 is 1.90 bits per heavy atom. The van der Waals surface area contributed by atoms with Crippen LogP contribution in [0, 0.1) is 11.8 Å². The number of benzene rings is 1. The summed E-state index contributed by atoms with van der Waals surface area (Å²) in [5, 5.41) is 0. The van der Waals surface area contributed by atoms with Crippen molar-refractivity contribution in [1.29, 1.82) is 0 Å². The summed E-state index contributed by atoms with van der Waals surface area (Å²) < 4.78 is 28.9. The van der Waals surface area contributed by atoms with Crippen LogP contribution in [0.3, 0.4) is 0 Å². The van der Waals surface area contributed by atoms with E-state index in [1.54, 1.807) is 18.2 Å². The van der Waals surface area contributed by atoms with Crippen LogP contribution in [0.15, 0.2) is 24.3 Å². The maximum Gasteiger partial charge on any atom is 0.301 e. The van der Waals surface area contributed by atoms with Gasteiger partial charge in [0.25, 0.3) is 0 Å². The Balaban J connectivity index is 2.12. The van der Waals surface area contributed by atoms with E-state index in [-0.39, 0.29) is 6.54 Å². The van der Waals surface area contributed by atoms with Gasteiger partial charge in [-0.1, -0.05) is 30.7 Å². The lowest BCUT2D eigenvalue weighted by Gasteiger charge is -2.20. The summed E-state index contributed by atoms with van der Waals surface area (Å²) in [5.41, 5.74) is 6.61. The van der Waals surface area contributed by atoms with Gasteiger partial charge in [0, 0.05) is 18.7 Å². The van der Waals surface area contributed by atoms with Crippen LogP contribution in [-0.4, -0.2) is 32.4 Å². The molecule has 114 valence electrons. The van der Waals surface area contributed by atoms with Gasteiger partial charge < -0.3 is 5.73 Å². The molecule has 2 rings (SSSR count). The molecule has 1 fully saturated rings. The zero-order chi connectivity index (χ0) is 15.1. The molecule has 6 heteroatoms. The third-order valence-corrected chi connectivity index (χ3v) is 4.89. The van der Waals surface area contributed by atoms with Crippen molar-refractivity contribution in [3.63, 3.8) is 0 Å². The molecular formula is C15H21N3O2S. The van der Waals surface area contributed by atoms with Crippen LogP contribution < -0.4 is 10.5 Å². The van der Waals surface area contributed by atoms with E-state index in [9.17, 15) is 8.42 Å². The van der Waals surface area contributed by atoms with Crippen molar-refractivity contribution in [3.8, 4) is 11.8 Å². The second-order valence-corrected chi connectivity index (χ2v) is 6.68. The molecule has 21 heavy (non-hydrogen) atoms. The van der Waals surface area contributed by atoms with E-state index in [0.717, 1.165) is 31.2 Å². The Morgan fingerprint density at radius 3 is 2.57 bits per heavy atom. The molecule has 3 N–H and O–H groups in total. The lowest BCUT2D eigenvalue weighted by Crippen LogP contribution is -2.36. The highest BCUT2D eigenvalue weighted by atomic mass is 32.2. The van der Waals surface area contributed by atoms with Crippen LogP contribution in [0.25, 0.3) is 0 Å². The van der Waals surface area contributed by atoms with Crippen molar-refractivity contribution in [3.05, 3.63) is 29.8 Å². The Labute approximate surface area is 126 Å². The number of nitrogens with one attached hydrogen (secondary N) is 1. The van der Waals surface area contributed by atoms with E-state index in [0.29, 0.717) is 18.8 Å². The number of anilines is 1. The Morgan fingerprint density at radius 1 is 1.19 bits per heavy atom. The van der Waals surface area contributed by atoms with Crippen molar-refractivity contribution in [1.82, 2.24) is 4.31 Å². The van der Waals surface area contributed by atoms with Crippen molar-refractivity contribution < 1.29 is 8.42 Å². The number of hydrogen-bond acceptors (Lipinski definition) is 3. The second kappa shape index (κ2) is 7.46. The normalized spacial score (nSPS) is 16.6. The van der Waals surface area contributed by atoms with Gasteiger partial charge in [-0.2, -0.15) is 12.7 Å². The molecule has 1 aromatic carbocycles. The van der Waals surface area contributed by atoms with Crippen LogP contribution in [0.5, 0.6) is 0 Å². The summed E-state index contributed by atoms with van der Waals surface area (Å²) >= 11 is 0. The number of nitrogens with zero attached hydrogens (tertiary/aromatic N) is 1. The molecule has 0 aromatic heterocycles. The van der Waals surface area contributed by atoms with Gasteiger partial charge in [-0.05, 0) is 31.0 Å². The highest BCUT2D eigenvalue weighted by Crippen LogP contribution is 2.17. The quantitative estimate of drug-likeness (QED) is 0.832. The fourth-order valence-corrected chi connectivity index (χ4v) is 3.60. The van der Waals surface area contributed by atoms with E-state index >= 15 is 0 Å². The van der Waals surface area contributed by atoms with E-state index in [1.807, 2.05) is 6.07 Å². The summed E-state index contributed by atoms with van der Waals surface area (Å²) in [5.74, 6) is 5.65. The van der Waals surface area contributed by atoms with Gasteiger partial charge in [0.15, 0.2) is 0 Å². The molecule has 0 radical (unpaired) electrons. The lowest BCUT2D eigenvalue weighted by molar-refractivity contribution is 0.427. The van der Waals surface area contributed by atoms with Gasteiger partial charge in [0.1, 0.15) is 0 Å². The molecule has 1 aliphatic rings. The van der Waals surface area contributed by atoms with Crippen molar-refractivity contribution in [2.24, 2.45) is 5.73 Å². The number of rotatable bonds is 3. The average molecular weight is 307 g/mol. The first kappa shape index (κ1) is 15.8. The zero-order valence-electron chi connectivity index (χ0n) is 12.0. The first-order valence-corrected chi connectivity index (χ1v) is 8.63. The maximum atomic E-state index is 12.4. The largest absolute Gasteiger partial charge is 0.320 e. The highest BCUT2D eigenvalue weighted by molar-refractivity contribution is 7.90. The predicted molar refractivity (Wildman–Crippen MR) is 85.0 cm³/mol. The molecule has 1 heterocycles. The van der Waals surface area contributed by atoms with E-state index in [4.69, 9.17) is 5.73 Å². The monoisotopic (exact) mass is 307 g/mol. The third kappa shape index (κ3) is 4.74. The molecular weight excluding hydrogens is 286 g/mol. The van der Waals surface area contributed by atoms with Crippen LogP contribution in [0.2, 0.25) is 0 Å². The summed E-state index contributed by atoms with van der Waals surface area (Å²) in [4.78, 5) is 0. The van der Waals surface area contributed by atoms with E-state index in [2.05, 4.69) is 16.6 Å². The molecule has 0 unspecified atom stereocenters. The van der Waals surface area contributed by atoms with Gasteiger partial charge in [0.2, 0.25) is 0 Å². The molecule has 0 bridgehead atoms. The Bertz CT molecular complexity index is 624. The van der Waals surface area contributed by atoms with Crippen molar-refractivity contribution >= 4 is 15.9 Å². The van der Waals surface area contributed by atoms with Crippen molar-refractivity contribution in [2.45, 2.75) is 25.7 Å². The first-order chi connectivity index (χ1) is 10.1. The van der Waals surface area contributed by atoms with Gasteiger partial charge in [-0.15, -0.1) is 0 Å². The lowest BCUT2D eigenvalue weighted by atomic mass is 10.2. The van der Waals surface area contributed by atoms with Gasteiger partial charge in [-0.25, -0.2) is 0 Å². The fraction of sp³-hybridized carbons (Fsp3) is 0.467. The fourth-order valence-electron chi connectivity index (χ4n) is 2.31. The maximum absolute atomic E-state index is 12.4. The average Bonchev–Trinajstić information content (AvgIpc) is 2.74. The van der Waals surface area contributed by atoms with Crippen LogP contribution in [-0.2, 0) is 10.2 Å². The first-order valence-electron chi connectivity index (χ1n) is 7.19. The minimum atomic E-state index is -3.49. The standard InChI is InChI=1S/C15H21N3O2S/c16-10-6-8-14-7-5-9-15(13-14)17-21(19,20)18-11-3-1-2-4-12-18/h5,7,9,13,17H,1-4,10-12,16H2. The summed E-state index contributed by atoms with van der Waals surface area (Å²) in [7, 11) is -3.49. The third-order valence-electron chi connectivity index (χ3n) is 3.35. The van der Waals surface area contributed by atoms with Crippen LogP contribution in [0.1, 0.15) is 31.2 Å². The molecule has 1 saturated heterocycles. The number of nitrogens with two attached hydrogens (primary N) is 1. The van der Waals surface area contributed by atoms with Crippen LogP contribution >= 0.6 is 0 Å². The molecule has 0 aliphatic carbocycles. The molecule has 1 aliphatic heterocycles. The molecule has 1 aromatic rings. The Kier molecular flexibility index (Phi) is 5.62. The molecule has 5 nitrogen and oxygen atoms in total. The van der Waals surface area contributed by atoms with E-state index in [1.165, 1.54) is 4.31 Å². The topological polar surface area (TPSA) is 75.4 Å². The Hall–Kier alpha value is -1.55. The molecule has 0 atom stereocenters. The number of hydrogen-bond donors (Lipinski definition) is 2. The smallest absolute Gasteiger partial charge is 0.301 e. The molecule has 0 spiro atoms. The highest BCUT2D eigenvalue weighted by Gasteiger charge is 2.22. The minimum Gasteiger partial charge on any atom is -0.320 e. The van der Waals surface area contributed by atoms with Gasteiger partial charge >= 0.3 is 10.2 Å². The SMILES string of the molecule is NCC#Cc1cccc(NS(=O)(=O)N2CCCCCC2)c1. The summed E-state index contributed by atoms with van der Waals surface area (Å²) in [6.45, 7) is 1.45. The molecule has 0 amide bonds. The van der Waals surface area contributed by atoms with Gasteiger partial charge in [-0.3, -0.25) is 4.72 Å². The van der Waals surface area contributed by atoms with Gasteiger partial charge in [0.05, 0.1) is 12.2 Å². The second-order valence-electron chi connectivity index (χ2n) is 5.01. The zero-order valence-corrected chi connectivity index (χ0v) is 12.8. The van der Waals surface area contributed by atoms with E-state index < -0.39 is 10.2 Å². The summed E-state index contributed by atoms with van der Waals surface area (Å²) in [6.07, 6.45) is 4.03. The van der Waals surface area contributed by atoms with Crippen LogP contribution in [0.4, 0.5) is 5.69 Å². The summed E-state index contributed by atoms with van der Waals surface area (Å²) in [6, 6.07) is 7.05. The minimum absolute atomic E-state index is 0.281. The molecule has 0 saturated carbocycles.